The third kappa shape index (κ3) is 4.61. The number of hydrogen-bond acceptors (Lipinski definition) is 6. The summed E-state index contributed by atoms with van der Waals surface area (Å²) >= 11 is 0. The summed E-state index contributed by atoms with van der Waals surface area (Å²) in [7, 11) is 0. The highest BCUT2D eigenvalue weighted by Gasteiger charge is 2.35. The number of nitrogens with zero attached hydrogens (tertiary/aromatic N) is 4. The molecule has 1 aromatic carbocycles. The third-order valence-corrected chi connectivity index (χ3v) is 5.11. The van der Waals surface area contributed by atoms with Crippen molar-refractivity contribution in [2.45, 2.75) is 25.2 Å². The standard InChI is InChI=1S/C20H24N4O3/c25-20(27-13-16-4-2-1-3-5-16)24-7-6-23-12-19(26-14-18(23)11-24)8-17-9-21-15-22-10-17/h1-5,9-10,15,18-19H,6-8,11-14H2/t18-,19-/m1/s1. The average Bonchev–Trinajstić information content (AvgIpc) is 2.73. The van der Waals surface area contributed by atoms with E-state index in [0.29, 0.717) is 26.3 Å². The second-order valence-electron chi connectivity index (χ2n) is 7.04. The Morgan fingerprint density at radius 1 is 1.11 bits per heavy atom. The van der Waals surface area contributed by atoms with E-state index in [1.165, 1.54) is 6.33 Å². The quantitative estimate of drug-likeness (QED) is 0.819. The second kappa shape index (κ2) is 8.45. The molecule has 3 heterocycles. The van der Waals surface area contributed by atoms with E-state index in [2.05, 4.69) is 14.9 Å². The molecule has 2 aliphatic heterocycles. The minimum absolute atomic E-state index is 0.142. The van der Waals surface area contributed by atoms with Gasteiger partial charge in [0.05, 0.1) is 18.8 Å². The number of ether oxygens (including phenoxy) is 2. The van der Waals surface area contributed by atoms with E-state index >= 15 is 0 Å². The largest absolute Gasteiger partial charge is 0.445 e. The maximum atomic E-state index is 12.4. The van der Waals surface area contributed by atoms with Crippen LogP contribution in [0.15, 0.2) is 49.1 Å². The van der Waals surface area contributed by atoms with Gasteiger partial charge >= 0.3 is 6.09 Å². The van der Waals surface area contributed by atoms with Gasteiger partial charge in [-0.3, -0.25) is 4.90 Å². The summed E-state index contributed by atoms with van der Waals surface area (Å²) < 4.78 is 11.5. The van der Waals surface area contributed by atoms with Crippen molar-refractivity contribution in [3.63, 3.8) is 0 Å². The lowest BCUT2D eigenvalue weighted by molar-refractivity contribution is -0.0856. The molecule has 0 radical (unpaired) electrons. The highest BCUT2D eigenvalue weighted by atomic mass is 16.6. The molecule has 2 aliphatic rings. The summed E-state index contributed by atoms with van der Waals surface area (Å²) in [5.74, 6) is 0. The van der Waals surface area contributed by atoms with Gasteiger partial charge in [0.15, 0.2) is 0 Å². The smallest absolute Gasteiger partial charge is 0.410 e. The van der Waals surface area contributed by atoms with Crippen molar-refractivity contribution in [1.82, 2.24) is 19.8 Å². The maximum Gasteiger partial charge on any atom is 0.410 e. The van der Waals surface area contributed by atoms with Crippen LogP contribution in [0, 0.1) is 0 Å². The molecular weight excluding hydrogens is 344 g/mol. The molecule has 2 saturated heterocycles. The molecule has 0 saturated carbocycles. The van der Waals surface area contributed by atoms with Crippen molar-refractivity contribution in [2.24, 2.45) is 0 Å². The molecule has 0 spiro atoms. The fourth-order valence-electron chi connectivity index (χ4n) is 3.65. The lowest BCUT2D eigenvalue weighted by Crippen LogP contribution is -2.61. The van der Waals surface area contributed by atoms with Gasteiger partial charge in [-0.15, -0.1) is 0 Å². The monoisotopic (exact) mass is 368 g/mol. The molecule has 1 amide bonds. The molecule has 142 valence electrons. The zero-order chi connectivity index (χ0) is 18.5. The van der Waals surface area contributed by atoms with E-state index in [4.69, 9.17) is 9.47 Å². The Morgan fingerprint density at radius 3 is 2.74 bits per heavy atom. The summed E-state index contributed by atoms with van der Waals surface area (Å²) in [5, 5.41) is 0. The minimum atomic E-state index is -0.248. The van der Waals surface area contributed by atoms with Crippen LogP contribution < -0.4 is 0 Å². The molecule has 0 aliphatic carbocycles. The number of fused-ring (bicyclic) bond motifs is 1. The van der Waals surface area contributed by atoms with Crippen LogP contribution in [0.25, 0.3) is 0 Å². The lowest BCUT2D eigenvalue weighted by atomic mass is 10.1. The number of amides is 1. The Bertz CT molecular complexity index is 743. The van der Waals surface area contributed by atoms with Crippen LogP contribution in [0.4, 0.5) is 4.79 Å². The first-order chi connectivity index (χ1) is 13.3. The fourth-order valence-corrected chi connectivity index (χ4v) is 3.65. The van der Waals surface area contributed by atoms with E-state index in [1.807, 2.05) is 42.7 Å². The Hall–Kier alpha value is -2.51. The molecule has 0 unspecified atom stereocenters. The van der Waals surface area contributed by atoms with Crippen molar-refractivity contribution >= 4 is 6.09 Å². The first kappa shape index (κ1) is 17.9. The highest BCUT2D eigenvalue weighted by Crippen LogP contribution is 2.20. The predicted molar refractivity (Wildman–Crippen MR) is 99.0 cm³/mol. The number of morpholine rings is 1. The highest BCUT2D eigenvalue weighted by molar-refractivity contribution is 5.67. The molecule has 7 heteroatoms. The topological polar surface area (TPSA) is 67.8 Å². The van der Waals surface area contributed by atoms with Crippen LogP contribution >= 0.6 is 0 Å². The van der Waals surface area contributed by atoms with Gasteiger partial charge in [-0.25, -0.2) is 14.8 Å². The molecule has 2 fully saturated rings. The van der Waals surface area contributed by atoms with Crippen molar-refractivity contribution in [3.8, 4) is 0 Å². The molecule has 2 aromatic rings. The van der Waals surface area contributed by atoms with E-state index in [9.17, 15) is 4.79 Å². The SMILES string of the molecule is O=C(OCc1ccccc1)N1CCN2C[C@@H](Cc3cncnc3)OC[C@H]2C1. The summed E-state index contributed by atoms with van der Waals surface area (Å²) in [5.41, 5.74) is 2.09. The van der Waals surface area contributed by atoms with Gasteiger partial charge < -0.3 is 14.4 Å². The van der Waals surface area contributed by atoms with Crippen LogP contribution in [-0.4, -0.2) is 70.8 Å². The van der Waals surface area contributed by atoms with Crippen molar-refractivity contribution in [3.05, 3.63) is 60.2 Å². The van der Waals surface area contributed by atoms with Crippen LogP contribution in [0.3, 0.4) is 0 Å². The van der Waals surface area contributed by atoms with Gasteiger partial charge in [-0.1, -0.05) is 30.3 Å². The molecule has 0 N–H and O–H groups in total. The average molecular weight is 368 g/mol. The zero-order valence-electron chi connectivity index (χ0n) is 15.2. The number of carbonyl (C=O) groups excluding carboxylic acids is 1. The molecule has 2 atom stereocenters. The van der Waals surface area contributed by atoms with E-state index in [-0.39, 0.29) is 18.2 Å². The van der Waals surface area contributed by atoms with Gasteiger partial charge in [-0.2, -0.15) is 0 Å². The second-order valence-corrected chi connectivity index (χ2v) is 7.04. The van der Waals surface area contributed by atoms with E-state index in [0.717, 1.165) is 30.6 Å². The van der Waals surface area contributed by atoms with Crippen LogP contribution in [-0.2, 0) is 22.5 Å². The maximum absolute atomic E-state index is 12.4. The summed E-state index contributed by atoms with van der Waals surface area (Å²) in [4.78, 5) is 24.7. The summed E-state index contributed by atoms with van der Waals surface area (Å²) in [6.45, 7) is 3.98. The molecule has 7 nitrogen and oxygen atoms in total. The Balaban J connectivity index is 1.25. The molecule has 4 rings (SSSR count). The predicted octanol–water partition coefficient (Wildman–Crippen LogP) is 1.74. The van der Waals surface area contributed by atoms with Crippen LogP contribution in [0.5, 0.6) is 0 Å². The normalized spacial score (nSPS) is 22.9. The lowest BCUT2D eigenvalue weighted by Gasteiger charge is -2.45. The van der Waals surface area contributed by atoms with Gasteiger partial charge in [0, 0.05) is 45.0 Å². The van der Waals surface area contributed by atoms with Crippen molar-refractivity contribution in [2.75, 3.05) is 32.8 Å². The van der Waals surface area contributed by atoms with Crippen LogP contribution in [0.2, 0.25) is 0 Å². The first-order valence-electron chi connectivity index (χ1n) is 9.33. The van der Waals surface area contributed by atoms with Crippen LogP contribution in [0.1, 0.15) is 11.1 Å². The summed E-state index contributed by atoms with van der Waals surface area (Å²) in [6.07, 6.45) is 5.92. The molecule has 1 aromatic heterocycles. The first-order valence-corrected chi connectivity index (χ1v) is 9.33. The number of piperazine rings is 1. The Labute approximate surface area is 158 Å². The van der Waals surface area contributed by atoms with Gasteiger partial charge in [0.1, 0.15) is 12.9 Å². The number of benzene rings is 1. The molecule has 27 heavy (non-hydrogen) atoms. The van der Waals surface area contributed by atoms with E-state index in [1.54, 1.807) is 4.90 Å². The Morgan fingerprint density at radius 2 is 1.93 bits per heavy atom. The van der Waals surface area contributed by atoms with Crippen molar-refractivity contribution < 1.29 is 14.3 Å². The van der Waals surface area contributed by atoms with Gasteiger partial charge in [-0.05, 0) is 11.1 Å². The Kier molecular flexibility index (Phi) is 5.60. The molecule has 0 bridgehead atoms. The minimum Gasteiger partial charge on any atom is -0.445 e. The number of hydrogen-bond donors (Lipinski definition) is 0. The summed E-state index contributed by atoms with van der Waals surface area (Å²) in [6, 6.07) is 9.98. The fraction of sp³-hybridized carbons (Fsp3) is 0.450. The zero-order valence-corrected chi connectivity index (χ0v) is 15.2. The van der Waals surface area contributed by atoms with Crippen molar-refractivity contribution in [1.29, 1.82) is 0 Å². The third-order valence-electron chi connectivity index (χ3n) is 5.11. The van der Waals surface area contributed by atoms with Gasteiger partial charge in [0.25, 0.3) is 0 Å². The van der Waals surface area contributed by atoms with E-state index < -0.39 is 0 Å². The number of aromatic nitrogens is 2. The van der Waals surface area contributed by atoms with Gasteiger partial charge in [0.2, 0.25) is 0 Å². The number of carbonyl (C=O) groups is 1. The molecular formula is C20H24N4O3. The number of rotatable bonds is 4.